The van der Waals surface area contributed by atoms with Crippen molar-refractivity contribution < 1.29 is 14.3 Å². The first kappa shape index (κ1) is 17.0. The predicted molar refractivity (Wildman–Crippen MR) is 91.4 cm³/mol. The highest BCUT2D eigenvalue weighted by molar-refractivity contribution is 6.07. The van der Waals surface area contributed by atoms with E-state index in [4.69, 9.17) is 4.74 Å². The smallest absolute Gasteiger partial charge is 0.235 e. The van der Waals surface area contributed by atoms with Gasteiger partial charge in [-0.2, -0.15) is 0 Å². The number of ether oxygens (including phenoxy) is 1. The lowest BCUT2D eigenvalue weighted by molar-refractivity contribution is -0.137. The van der Waals surface area contributed by atoms with E-state index in [-0.39, 0.29) is 17.9 Å². The monoisotopic (exact) mass is 330 g/mol. The van der Waals surface area contributed by atoms with Crippen LogP contribution >= 0.6 is 0 Å². The summed E-state index contributed by atoms with van der Waals surface area (Å²) in [6.07, 6.45) is 5.25. The number of nitrogens with one attached hydrogen (secondary N) is 2. The van der Waals surface area contributed by atoms with Crippen molar-refractivity contribution in [1.29, 1.82) is 0 Å². The Kier molecular flexibility index (Phi) is 5.51. The molecule has 24 heavy (non-hydrogen) atoms. The Hall–Kier alpha value is -1.88. The van der Waals surface area contributed by atoms with Crippen molar-refractivity contribution >= 4 is 11.8 Å². The minimum absolute atomic E-state index is 0.110. The first-order chi connectivity index (χ1) is 11.7. The van der Waals surface area contributed by atoms with Gasteiger partial charge >= 0.3 is 0 Å². The van der Waals surface area contributed by atoms with E-state index in [1.807, 2.05) is 18.2 Å². The van der Waals surface area contributed by atoms with Crippen LogP contribution in [-0.4, -0.2) is 37.6 Å². The molecule has 1 aliphatic carbocycles. The maximum atomic E-state index is 12.4. The van der Waals surface area contributed by atoms with Gasteiger partial charge < -0.3 is 15.4 Å². The Bertz CT molecular complexity index is 563. The molecule has 5 heteroatoms. The topological polar surface area (TPSA) is 67.4 Å². The third-order valence-corrected chi connectivity index (χ3v) is 4.90. The first-order valence-corrected chi connectivity index (χ1v) is 8.93. The zero-order valence-electron chi connectivity index (χ0n) is 14.1. The van der Waals surface area contributed by atoms with Crippen LogP contribution < -0.4 is 10.6 Å². The van der Waals surface area contributed by atoms with Crippen LogP contribution in [-0.2, 0) is 20.7 Å². The molecule has 1 heterocycles. The van der Waals surface area contributed by atoms with E-state index >= 15 is 0 Å². The van der Waals surface area contributed by atoms with Crippen molar-refractivity contribution in [3.05, 3.63) is 35.9 Å². The minimum atomic E-state index is -0.828. The molecule has 0 aromatic heterocycles. The van der Waals surface area contributed by atoms with Crippen LogP contribution in [0.2, 0.25) is 0 Å². The molecule has 2 aliphatic rings. The van der Waals surface area contributed by atoms with Crippen LogP contribution in [0.1, 0.15) is 37.7 Å². The van der Waals surface area contributed by atoms with Crippen molar-refractivity contribution in [3.63, 3.8) is 0 Å². The second kappa shape index (κ2) is 7.79. The Morgan fingerprint density at radius 1 is 1.12 bits per heavy atom. The number of benzene rings is 1. The average molecular weight is 330 g/mol. The molecule has 2 N–H and O–H groups in total. The third-order valence-electron chi connectivity index (χ3n) is 4.90. The molecule has 1 aromatic rings. The zero-order valence-corrected chi connectivity index (χ0v) is 14.1. The largest absolute Gasteiger partial charge is 0.376 e. The van der Waals surface area contributed by atoms with E-state index in [1.165, 1.54) is 5.56 Å². The Morgan fingerprint density at radius 3 is 2.54 bits per heavy atom. The van der Waals surface area contributed by atoms with Crippen molar-refractivity contribution in [2.24, 2.45) is 5.41 Å². The summed E-state index contributed by atoms with van der Waals surface area (Å²) in [7, 11) is 0. The number of carbonyl (C=O) groups excluding carboxylic acids is 2. The van der Waals surface area contributed by atoms with Gasteiger partial charge in [0.15, 0.2) is 0 Å². The molecule has 1 aromatic carbocycles. The third kappa shape index (κ3) is 4.15. The van der Waals surface area contributed by atoms with Gasteiger partial charge in [0.25, 0.3) is 0 Å². The van der Waals surface area contributed by atoms with Gasteiger partial charge in [-0.3, -0.25) is 9.59 Å². The second-order valence-corrected chi connectivity index (χ2v) is 6.77. The van der Waals surface area contributed by atoms with Gasteiger partial charge in [0.1, 0.15) is 5.41 Å². The normalized spacial score (nSPS) is 21.2. The molecule has 1 saturated carbocycles. The lowest BCUT2D eigenvalue weighted by atomic mass is 10.0. The van der Waals surface area contributed by atoms with Crippen LogP contribution in [0.4, 0.5) is 0 Å². The molecule has 2 amide bonds. The van der Waals surface area contributed by atoms with Crippen LogP contribution in [0.25, 0.3) is 0 Å². The van der Waals surface area contributed by atoms with Crippen molar-refractivity contribution in [3.8, 4) is 0 Å². The fraction of sp³-hybridized carbons (Fsp3) is 0.579. The zero-order chi connectivity index (χ0) is 16.8. The van der Waals surface area contributed by atoms with Crippen LogP contribution in [0, 0.1) is 5.41 Å². The van der Waals surface area contributed by atoms with E-state index in [1.54, 1.807) is 0 Å². The molecule has 1 unspecified atom stereocenters. The maximum Gasteiger partial charge on any atom is 0.235 e. The SMILES string of the molecule is O=C(NCCCc1ccccc1)C1(C(=O)NCC2CCCO2)CC1. The molecule has 0 bridgehead atoms. The fourth-order valence-corrected chi connectivity index (χ4v) is 3.17. The predicted octanol–water partition coefficient (Wildman–Crippen LogP) is 1.81. The molecule has 0 radical (unpaired) electrons. The highest BCUT2D eigenvalue weighted by Gasteiger charge is 2.56. The lowest BCUT2D eigenvalue weighted by Crippen LogP contribution is -2.45. The summed E-state index contributed by atoms with van der Waals surface area (Å²) >= 11 is 0. The van der Waals surface area contributed by atoms with Gasteiger partial charge in [0.05, 0.1) is 6.10 Å². The Morgan fingerprint density at radius 2 is 1.88 bits per heavy atom. The van der Waals surface area contributed by atoms with E-state index in [0.29, 0.717) is 25.9 Å². The van der Waals surface area contributed by atoms with Crippen molar-refractivity contribution in [2.45, 2.75) is 44.6 Å². The summed E-state index contributed by atoms with van der Waals surface area (Å²) in [6.45, 7) is 1.89. The molecular formula is C19H26N2O3. The summed E-state index contributed by atoms with van der Waals surface area (Å²) < 4.78 is 5.50. The second-order valence-electron chi connectivity index (χ2n) is 6.77. The number of amides is 2. The summed E-state index contributed by atoms with van der Waals surface area (Å²) in [5.41, 5.74) is 0.438. The summed E-state index contributed by atoms with van der Waals surface area (Å²) in [6, 6.07) is 10.2. The maximum absolute atomic E-state index is 12.4. The van der Waals surface area contributed by atoms with Gasteiger partial charge in [-0.25, -0.2) is 0 Å². The molecule has 130 valence electrons. The number of rotatable bonds is 8. The Balaban J connectivity index is 1.38. The van der Waals surface area contributed by atoms with Crippen molar-refractivity contribution in [1.82, 2.24) is 10.6 Å². The summed E-state index contributed by atoms with van der Waals surface area (Å²) in [5, 5.41) is 5.83. The average Bonchev–Trinajstić information content (AvgIpc) is 3.27. The molecule has 2 fully saturated rings. The van der Waals surface area contributed by atoms with E-state index in [2.05, 4.69) is 22.8 Å². The van der Waals surface area contributed by atoms with Gasteiger partial charge in [-0.1, -0.05) is 30.3 Å². The van der Waals surface area contributed by atoms with Crippen LogP contribution in [0.3, 0.4) is 0 Å². The van der Waals surface area contributed by atoms with Crippen LogP contribution in [0.5, 0.6) is 0 Å². The van der Waals surface area contributed by atoms with Gasteiger partial charge in [-0.15, -0.1) is 0 Å². The van der Waals surface area contributed by atoms with Crippen molar-refractivity contribution in [2.75, 3.05) is 19.7 Å². The fourth-order valence-electron chi connectivity index (χ4n) is 3.17. The molecule has 5 nitrogen and oxygen atoms in total. The molecule has 3 rings (SSSR count). The number of aryl methyl sites for hydroxylation is 1. The highest BCUT2D eigenvalue weighted by atomic mass is 16.5. The van der Waals surface area contributed by atoms with Crippen LogP contribution in [0.15, 0.2) is 30.3 Å². The van der Waals surface area contributed by atoms with E-state index in [9.17, 15) is 9.59 Å². The molecule has 1 aliphatic heterocycles. The van der Waals surface area contributed by atoms with E-state index < -0.39 is 5.41 Å². The summed E-state index contributed by atoms with van der Waals surface area (Å²) in [4.78, 5) is 24.7. The highest BCUT2D eigenvalue weighted by Crippen LogP contribution is 2.46. The molecule has 0 spiro atoms. The van der Waals surface area contributed by atoms with E-state index in [0.717, 1.165) is 32.3 Å². The number of hydrogen-bond acceptors (Lipinski definition) is 3. The number of carbonyl (C=O) groups is 2. The Labute approximate surface area is 143 Å². The lowest BCUT2D eigenvalue weighted by Gasteiger charge is -2.17. The molecular weight excluding hydrogens is 304 g/mol. The minimum Gasteiger partial charge on any atom is -0.376 e. The summed E-state index contributed by atoms with van der Waals surface area (Å²) in [5.74, 6) is -0.265. The van der Waals surface area contributed by atoms with Gasteiger partial charge in [0, 0.05) is 19.7 Å². The quantitative estimate of drug-likeness (QED) is 0.564. The number of hydrogen-bond donors (Lipinski definition) is 2. The standard InChI is InChI=1S/C19H26N2O3/c22-17(20-12-4-8-15-6-2-1-3-7-15)19(10-11-19)18(23)21-14-16-9-5-13-24-16/h1-3,6-7,16H,4-5,8-14H2,(H,20,22)(H,21,23). The first-order valence-electron chi connectivity index (χ1n) is 8.93. The molecule has 1 atom stereocenters. The van der Waals surface area contributed by atoms with Gasteiger partial charge in [-0.05, 0) is 44.1 Å². The molecule has 1 saturated heterocycles. The van der Waals surface area contributed by atoms with Gasteiger partial charge in [0.2, 0.25) is 11.8 Å².